The standard InChI is InChI=1S/C8H12N4O3/c1-12-3-2-9-8(12)11-4-6(13)10-5-7(14)15/h2-3H,4-5H2,1H3,(H,9,11)(H,10,13)(H,14,15). The van der Waals surface area contributed by atoms with Gasteiger partial charge in [0.15, 0.2) is 0 Å². The Balaban J connectivity index is 2.28. The Labute approximate surface area is 86.1 Å². The number of hydrogen-bond acceptors (Lipinski definition) is 4. The van der Waals surface area contributed by atoms with E-state index < -0.39 is 5.97 Å². The van der Waals surface area contributed by atoms with Gasteiger partial charge in [0, 0.05) is 19.4 Å². The molecule has 0 aliphatic carbocycles. The number of amides is 1. The minimum atomic E-state index is -1.07. The fraction of sp³-hybridized carbons (Fsp3) is 0.375. The summed E-state index contributed by atoms with van der Waals surface area (Å²) in [5.41, 5.74) is 0. The van der Waals surface area contributed by atoms with Crippen molar-refractivity contribution >= 4 is 17.8 Å². The van der Waals surface area contributed by atoms with Gasteiger partial charge in [-0.05, 0) is 0 Å². The Morgan fingerprint density at radius 3 is 2.80 bits per heavy atom. The maximum Gasteiger partial charge on any atom is 0.322 e. The van der Waals surface area contributed by atoms with Crippen molar-refractivity contribution < 1.29 is 14.7 Å². The van der Waals surface area contributed by atoms with Gasteiger partial charge in [-0.25, -0.2) is 4.98 Å². The summed E-state index contributed by atoms with van der Waals surface area (Å²) in [5, 5.41) is 13.3. The second-order valence-electron chi connectivity index (χ2n) is 2.89. The third-order valence-electron chi connectivity index (χ3n) is 1.67. The van der Waals surface area contributed by atoms with Crippen LogP contribution < -0.4 is 10.6 Å². The normalized spacial score (nSPS) is 9.67. The first-order valence-corrected chi connectivity index (χ1v) is 4.29. The maximum atomic E-state index is 11.1. The third kappa shape index (κ3) is 3.67. The molecular formula is C8H12N4O3. The van der Waals surface area contributed by atoms with Gasteiger partial charge >= 0.3 is 5.97 Å². The van der Waals surface area contributed by atoms with Crippen molar-refractivity contribution in [3.05, 3.63) is 12.4 Å². The Hall–Kier alpha value is -2.05. The molecule has 0 aliphatic heterocycles. The van der Waals surface area contributed by atoms with E-state index in [-0.39, 0.29) is 19.0 Å². The summed E-state index contributed by atoms with van der Waals surface area (Å²) in [6.45, 7) is -0.376. The highest BCUT2D eigenvalue weighted by Gasteiger charge is 2.04. The average molecular weight is 212 g/mol. The molecule has 0 spiro atoms. The monoisotopic (exact) mass is 212 g/mol. The lowest BCUT2D eigenvalue weighted by atomic mass is 10.5. The van der Waals surface area contributed by atoms with Crippen LogP contribution in [0.15, 0.2) is 12.4 Å². The van der Waals surface area contributed by atoms with Crippen LogP contribution in [-0.2, 0) is 16.6 Å². The minimum absolute atomic E-state index is 0.00185. The van der Waals surface area contributed by atoms with Crippen LogP contribution in [-0.4, -0.2) is 39.6 Å². The van der Waals surface area contributed by atoms with Gasteiger partial charge in [-0.15, -0.1) is 0 Å². The fourth-order valence-electron chi connectivity index (χ4n) is 0.932. The number of carbonyl (C=O) groups excluding carboxylic acids is 1. The fourth-order valence-corrected chi connectivity index (χ4v) is 0.932. The molecule has 0 aliphatic rings. The summed E-state index contributed by atoms with van der Waals surface area (Å²) in [6.07, 6.45) is 3.33. The van der Waals surface area contributed by atoms with Gasteiger partial charge in [0.05, 0.1) is 6.54 Å². The predicted octanol–water partition coefficient (Wildman–Crippen LogP) is -0.967. The summed E-state index contributed by atoms with van der Waals surface area (Å²) in [4.78, 5) is 25.2. The molecule has 0 atom stereocenters. The summed E-state index contributed by atoms with van der Waals surface area (Å²) >= 11 is 0. The molecule has 7 nitrogen and oxygen atoms in total. The van der Waals surface area contributed by atoms with Gasteiger partial charge in [-0.3, -0.25) is 9.59 Å². The molecule has 0 aromatic carbocycles. The molecule has 0 radical (unpaired) electrons. The predicted molar refractivity (Wildman–Crippen MR) is 52.3 cm³/mol. The van der Waals surface area contributed by atoms with Crippen molar-refractivity contribution in [3.63, 3.8) is 0 Å². The number of aromatic nitrogens is 2. The van der Waals surface area contributed by atoms with E-state index in [0.717, 1.165) is 0 Å². The lowest BCUT2D eigenvalue weighted by Gasteiger charge is -2.05. The van der Waals surface area contributed by atoms with E-state index in [4.69, 9.17) is 5.11 Å². The topological polar surface area (TPSA) is 96.3 Å². The molecule has 1 rings (SSSR count). The Morgan fingerprint density at radius 1 is 1.53 bits per heavy atom. The van der Waals surface area contributed by atoms with Crippen LogP contribution >= 0.6 is 0 Å². The Kier molecular flexibility index (Phi) is 3.67. The molecule has 1 aromatic rings. The zero-order valence-corrected chi connectivity index (χ0v) is 8.23. The van der Waals surface area contributed by atoms with E-state index in [2.05, 4.69) is 15.6 Å². The summed E-state index contributed by atoms with van der Waals surface area (Å²) in [7, 11) is 1.78. The molecule has 82 valence electrons. The van der Waals surface area contributed by atoms with Crippen molar-refractivity contribution in [2.24, 2.45) is 7.05 Å². The number of rotatable bonds is 5. The number of anilines is 1. The van der Waals surface area contributed by atoms with Crippen LogP contribution in [0.4, 0.5) is 5.95 Å². The molecular weight excluding hydrogens is 200 g/mol. The molecule has 0 unspecified atom stereocenters. The van der Waals surface area contributed by atoms with E-state index in [9.17, 15) is 9.59 Å². The molecule has 15 heavy (non-hydrogen) atoms. The Morgan fingerprint density at radius 2 is 2.27 bits per heavy atom. The first-order chi connectivity index (χ1) is 7.09. The van der Waals surface area contributed by atoms with Gasteiger partial charge in [0.1, 0.15) is 6.54 Å². The van der Waals surface area contributed by atoms with Gasteiger partial charge in [0.2, 0.25) is 11.9 Å². The highest BCUT2D eigenvalue weighted by atomic mass is 16.4. The molecule has 0 saturated carbocycles. The molecule has 1 aromatic heterocycles. The van der Waals surface area contributed by atoms with Gasteiger partial charge in [-0.2, -0.15) is 0 Å². The van der Waals surface area contributed by atoms with Crippen LogP contribution in [0.3, 0.4) is 0 Å². The van der Waals surface area contributed by atoms with E-state index in [1.807, 2.05) is 0 Å². The lowest BCUT2D eigenvalue weighted by Crippen LogP contribution is -2.34. The number of aryl methyl sites for hydroxylation is 1. The van der Waals surface area contributed by atoms with Crippen LogP contribution in [0.2, 0.25) is 0 Å². The number of carbonyl (C=O) groups is 2. The highest BCUT2D eigenvalue weighted by molar-refractivity contribution is 5.83. The SMILES string of the molecule is Cn1ccnc1NCC(=O)NCC(=O)O. The third-order valence-corrected chi connectivity index (χ3v) is 1.67. The first-order valence-electron chi connectivity index (χ1n) is 4.29. The first kappa shape index (κ1) is 11.0. The zero-order valence-electron chi connectivity index (χ0n) is 8.23. The summed E-state index contributed by atoms with van der Waals surface area (Å²) in [6, 6.07) is 0. The van der Waals surface area contributed by atoms with Crippen LogP contribution in [0.25, 0.3) is 0 Å². The number of carboxylic acids is 1. The van der Waals surface area contributed by atoms with E-state index in [0.29, 0.717) is 5.95 Å². The molecule has 1 amide bonds. The highest BCUT2D eigenvalue weighted by Crippen LogP contribution is 1.98. The lowest BCUT2D eigenvalue weighted by molar-refractivity contribution is -0.137. The second-order valence-corrected chi connectivity index (χ2v) is 2.89. The van der Waals surface area contributed by atoms with E-state index in [1.165, 1.54) is 0 Å². The van der Waals surface area contributed by atoms with E-state index >= 15 is 0 Å². The molecule has 1 heterocycles. The van der Waals surface area contributed by atoms with Crippen molar-refractivity contribution in [2.75, 3.05) is 18.4 Å². The van der Waals surface area contributed by atoms with Crippen molar-refractivity contribution in [1.29, 1.82) is 0 Å². The number of nitrogens with zero attached hydrogens (tertiary/aromatic N) is 2. The van der Waals surface area contributed by atoms with Crippen molar-refractivity contribution in [3.8, 4) is 0 Å². The van der Waals surface area contributed by atoms with Crippen LogP contribution in [0.5, 0.6) is 0 Å². The summed E-state index contributed by atoms with van der Waals surface area (Å²) < 4.78 is 1.71. The smallest absolute Gasteiger partial charge is 0.322 e. The number of imidazole rings is 1. The molecule has 0 saturated heterocycles. The Bertz CT molecular complexity index is 361. The van der Waals surface area contributed by atoms with Crippen molar-refractivity contribution in [2.45, 2.75) is 0 Å². The maximum absolute atomic E-state index is 11.1. The van der Waals surface area contributed by atoms with Crippen molar-refractivity contribution in [1.82, 2.24) is 14.9 Å². The molecule has 0 bridgehead atoms. The van der Waals surface area contributed by atoms with Gasteiger partial charge < -0.3 is 20.3 Å². The number of aliphatic carboxylic acids is 1. The summed E-state index contributed by atoms with van der Waals surface area (Å²) in [5.74, 6) is -0.902. The molecule has 7 heteroatoms. The van der Waals surface area contributed by atoms with Crippen LogP contribution in [0.1, 0.15) is 0 Å². The molecule has 0 fully saturated rings. The largest absolute Gasteiger partial charge is 0.480 e. The average Bonchev–Trinajstić information content (AvgIpc) is 2.58. The number of carboxylic acid groups (broad SMARTS) is 1. The zero-order chi connectivity index (χ0) is 11.3. The van der Waals surface area contributed by atoms with Crippen LogP contribution in [0, 0.1) is 0 Å². The minimum Gasteiger partial charge on any atom is -0.480 e. The number of nitrogens with one attached hydrogen (secondary N) is 2. The van der Waals surface area contributed by atoms with Gasteiger partial charge in [-0.1, -0.05) is 0 Å². The number of hydrogen-bond donors (Lipinski definition) is 3. The molecule has 3 N–H and O–H groups in total. The second kappa shape index (κ2) is 4.99. The quantitative estimate of drug-likeness (QED) is 0.583. The van der Waals surface area contributed by atoms with E-state index in [1.54, 1.807) is 24.0 Å². The van der Waals surface area contributed by atoms with Gasteiger partial charge in [0.25, 0.3) is 0 Å².